The second-order valence-electron chi connectivity index (χ2n) is 5.46. The molecule has 3 aromatic heterocycles. The molecule has 3 rings (SSSR count). The van der Waals surface area contributed by atoms with E-state index in [0.29, 0.717) is 16.8 Å². The van der Waals surface area contributed by atoms with Gasteiger partial charge in [-0.15, -0.1) is 11.3 Å². The van der Waals surface area contributed by atoms with Crippen LogP contribution in [0.5, 0.6) is 0 Å². The molecule has 9 heteroatoms. The summed E-state index contributed by atoms with van der Waals surface area (Å²) in [4.78, 5) is 24.0. The van der Waals surface area contributed by atoms with Gasteiger partial charge >= 0.3 is 5.97 Å². The van der Waals surface area contributed by atoms with Gasteiger partial charge in [-0.1, -0.05) is 0 Å². The molecule has 0 saturated carbocycles. The number of anilines is 2. The number of pyridine rings is 1. The zero-order valence-corrected chi connectivity index (χ0v) is 14.5. The summed E-state index contributed by atoms with van der Waals surface area (Å²) in [5, 5.41) is 22.7. The van der Waals surface area contributed by atoms with Gasteiger partial charge in [-0.05, 0) is 30.0 Å². The van der Waals surface area contributed by atoms with E-state index in [0.717, 1.165) is 10.4 Å². The van der Waals surface area contributed by atoms with Gasteiger partial charge in [-0.3, -0.25) is 4.79 Å². The number of carbonyl (C=O) groups is 1. The van der Waals surface area contributed by atoms with E-state index in [-0.39, 0.29) is 23.9 Å². The highest BCUT2D eigenvalue weighted by Crippen LogP contribution is 2.33. The molecule has 3 aromatic rings. The number of nitrogens with zero attached hydrogens (tertiary/aromatic N) is 4. The lowest BCUT2D eigenvalue weighted by Crippen LogP contribution is -2.14. The molecule has 0 saturated heterocycles. The zero-order valence-electron chi connectivity index (χ0n) is 13.7. The molecule has 0 spiro atoms. The maximum absolute atomic E-state index is 10.6. The minimum Gasteiger partial charge on any atom is -0.480 e. The van der Waals surface area contributed by atoms with Gasteiger partial charge in [0.25, 0.3) is 0 Å². The van der Waals surface area contributed by atoms with Gasteiger partial charge in [0.2, 0.25) is 5.95 Å². The third-order valence-corrected chi connectivity index (χ3v) is 4.57. The predicted octanol–water partition coefficient (Wildman–Crippen LogP) is 2.53. The number of carboxylic acids is 1. The number of hydrogen-bond acceptors (Lipinski definition) is 8. The zero-order chi connectivity index (χ0) is 18.7. The number of nitrogen functional groups attached to an aromatic ring is 1. The average molecular weight is 366 g/mol. The van der Waals surface area contributed by atoms with Crippen molar-refractivity contribution in [2.45, 2.75) is 6.92 Å². The number of aliphatic carboxylic acids is 1. The summed E-state index contributed by atoms with van der Waals surface area (Å²) < 4.78 is 0. The molecule has 0 amide bonds. The van der Waals surface area contributed by atoms with E-state index in [2.05, 4.69) is 26.3 Å². The van der Waals surface area contributed by atoms with Crippen molar-refractivity contribution in [1.82, 2.24) is 15.0 Å². The summed E-state index contributed by atoms with van der Waals surface area (Å²) in [7, 11) is 0. The molecular weight excluding hydrogens is 352 g/mol. The number of rotatable bonds is 5. The molecule has 0 aliphatic rings. The molecule has 3 heterocycles. The van der Waals surface area contributed by atoms with Crippen LogP contribution in [0.15, 0.2) is 29.9 Å². The molecule has 26 heavy (non-hydrogen) atoms. The van der Waals surface area contributed by atoms with Crippen molar-refractivity contribution in [2.75, 3.05) is 17.6 Å². The largest absolute Gasteiger partial charge is 0.480 e. The summed E-state index contributed by atoms with van der Waals surface area (Å²) >= 11 is 1.54. The Morgan fingerprint density at radius 3 is 2.69 bits per heavy atom. The standard InChI is InChI=1S/C17H14N6O2S/c1-9-2-14(26-8-9)13-3-11(12(4-18)16(19)23-13)10-5-20-17(21-6-10)22-7-15(24)25/h2-3,5-6,8H,7H2,1H3,(H2,19,23)(H,24,25)(H,20,21,22). The molecule has 0 atom stereocenters. The van der Waals surface area contributed by atoms with Crippen molar-refractivity contribution in [3.05, 3.63) is 41.0 Å². The Labute approximate surface area is 153 Å². The molecule has 0 radical (unpaired) electrons. The smallest absolute Gasteiger partial charge is 0.322 e. The monoisotopic (exact) mass is 366 g/mol. The predicted molar refractivity (Wildman–Crippen MR) is 98.6 cm³/mol. The average Bonchev–Trinajstić information content (AvgIpc) is 3.06. The molecule has 0 aliphatic carbocycles. The Hall–Kier alpha value is -3.51. The van der Waals surface area contributed by atoms with Crippen LogP contribution >= 0.6 is 11.3 Å². The van der Waals surface area contributed by atoms with Crippen LogP contribution in [-0.2, 0) is 4.79 Å². The number of carboxylic acid groups (broad SMARTS) is 1. The number of nitrogens with one attached hydrogen (secondary N) is 1. The Bertz CT molecular complexity index is 1010. The van der Waals surface area contributed by atoms with Gasteiger partial charge in [-0.25, -0.2) is 15.0 Å². The molecule has 0 aliphatic heterocycles. The highest BCUT2D eigenvalue weighted by atomic mass is 32.1. The third kappa shape index (κ3) is 3.60. The molecule has 0 unspecified atom stereocenters. The Morgan fingerprint density at radius 2 is 2.12 bits per heavy atom. The van der Waals surface area contributed by atoms with E-state index in [9.17, 15) is 10.1 Å². The molecule has 8 nitrogen and oxygen atoms in total. The lowest BCUT2D eigenvalue weighted by molar-refractivity contribution is -0.134. The number of nitrogens with two attached hydrogens (primary N) is 1. The van der Waals surface area contributed by atoms with E-state index in [1.807, 2.05) is 18.4 Å². The summed E-state index contributed by atoms with van der Waals surface area (Å²) in [6.45, 7) is 1.71. The first kappa shape index (κ1) is 17.3. The summed E-state index contributed by atoms with van der Waals surface area (Å²) in [5.74, 6) is -0.688. The lowest BCUT2D eigenvalue weighted by atomic mass is 10.0. The molecule has 0 bridgehead atoms. The third-order valence-electron chi connectivity index (χ3n) is 3.50. The van der Waals surface area contributed by atoms with E-state index in [1.165, 1.54) is 12.4 Å². The van der Waals surface area contributed by atoms with Crippen LogP contribution in [0.1, 0.15) is 11.1 Å². The SMILES string of the molecule is Cc1csc(-c2cc(-c3cnc(NCC(=O)O)nc3)c(C#N)c(N)n2)c1. The summed E-state index contributed by atoms with van der Waals surface area (Å²) in [5.41, 5.74) is 9.18. The molecule has 130 valence electrons. The quantitative estimate of drug-likeness (QED) is 0.626. The minimum absolute atomic E-state index is 0.138. The van der Waals surface area contributed by atoms with Crippen molar-refractivity contribution in [3.63, 3.8) is 0 Å². The van der Waals surface area contributed by atoms with Gasteiger partial charge in [-0.2, -0.15) is 5.26 Å². The number of nitriles is 1. The van der Waals surface area contributed by atoms with E-state index >= 15 is 0 Å². The summed E-state index contributed by atoms with van der Waals surface area (Å²) in [6, 6.07) is 5.85. The van der Waals surface area contributed by atoms with Crippen molar-refractivity contribution in [1.29, 1.82) is 5.26 Å². The van der Waals surface area contributed by atoms with E-state index < -0.39 is 5.97 Å². The molecule has 4 N–H and O–H groups in total. The fourth-order valence-corrected chi connectivity index (χ4v) is 3.18. The van der Waals surface area contributed by atoms with Crippen molar-refractivity contribution >= 4 is 29.1 Å². The highest BCUT2D eigenvalue weighted by Gasteiger charge is 2.15. The Morgan fingerprint density at radius 1 is 1.38 bits per heavy atom. The van der Waals surface area contributed by atoms with Gasteiger partial charge in [0.05, 0.1) is 10.6 Å². The van der Waals surface area contributed by atoms with Gasteiger partial charge < -0.3 is 16.2 Å². The number of hydrogen-bond donors (Lipinski definition) is 3. The van der Waals surface area contributed by atoms with Crippen molar-refractivity contribution in [2.24, 2.45) is 0 Å². The van der Waals surface area contributed by atoms with Crippen LogP contribution in [0.2, 0.25) is 0 Å². The van der Waals surface area contributed by atoms with Gasteiger partial charge in [0.15, 0.2) is 0 Å². The van der Waals surface area contributed by atoms with Crippen LogP contribution in [0.4, 0.5) is 11.8 Å². The molecule has 0 fully saturated rings. The summed E-state index contributed by atoms with van der Waals surface area (Å²) in [6.07, 6.45) is 3.02. The second kappa shape index (κ2) is 7.16. The minimum atomic E-state index is -1.01. The maximum Gasteiger partial charge on any atom is 0.322 e. The number of aromatic nitrogens is 3. The second-order valence-corrected chi connectivity index (χ2v) is 6.37. The van der Waals surface area contributed by atoms with Crippen LogP contribution in [0.3, 0.4) is 0 Å². The number of thiophene rings is 1. The molecular formula is C17H14N6O2S. The van der Waals surface area contributed by atoms with E-state index in [1.54, 1.807) is 17.4 Å². The fourth-order valence-electron chi connectivity index (χ4n) is 2.31. The van der Waals surface area contributed by atoms with Crippen LogP contribution < -0.4 is 11.1 Å². The first-order chi connectivity index (χ1) is 12.5. The highest BCUT2D eigenvalue weighted by molar-refractivity contribution is 7.13. The first-order valence-corrected chi connectivity index (χ1v) is 8.40. The van der Waals surface area contributed by atoms with Crippen LogP contribution in [0.25, 0.3) is 21.7 Å². The first-order valence-electron chi connectivity index (χ1n) is 7.52. The Kier molecular flexibility index (Phi) is 4.77. The number of aryl methyl sites for hydroxylation is 1. The van der Waals surface area contributed by atoms with Crippen LogP contribution in [0, 0.1) is 18.3 Å². The van der Waals surface area contributed by atoms with Gasteiger partial charge in [0, 0.05) is 23.5 Å². The fraction of sp³-hybridized carbons (Fsp3) is 0.118. The topological polar surface area (TPSA) is 138 Å². The maximum atomic E-state index is 10.6. The van der Waals surface area contributed by atoms with Gasteiger partial charge in [0.1, 0.15) is 24.0 Å². The van der Waals surface area contributed by atoms with Crippen LogP contribution in [-0.4, -0.2) is 32.6 Å². The normalized spacial score (nSPS) is 10.3. The van der Waals surface area contributed by atoms with E-state index in [4.69, 9.17) is 10.8 Å². The Balaban J connectivity index is 2.01. The van der Waals surface area contributed by atoms with Crippen molar-refractivity contribution in [3.8, 4) is 27.8 Å². The molecule has 0 aromatic carbocycles. The lowest BCUT2D eigenvalue weighted by Gasteiger charge is -2.09. The van der Waals surface area contributed by atoms with Crippen molar-refractivity contribution < 1.29 is 9.90 Å².